The molecule has 2 aromatic rings. The summed E-state index contributed by atoms with van der Waals surface area (Å²) < 4.78 is 16.4. The van der Waals surface area contributed by atoms with Crippen molar-refractivity contribution in [2.45, 2.75) is 32.7 Å². The molecule has 2 amide bonds. The van der Waals surface area contributed by atoms with Crippen molar-refractivity contribution < 1.29 is 23.8 Å². The smallest absolute Gasteiger partial charge is 0.410 e. The van der Waals surface area contributed by atoms with Crippen LogP contribution in [0.15, 0.2) is 18.2 Å². The predicted octanol–water partition coefficient (Wildman–Crippen LogP) is 3.48. The van der Waals surface area contributed by atoms with Crippen LogP contribution in [0.5, 0.6) is 11.5 Å². The number of fused-ring (bicyclic) bond motifs is 2. The van der Waals surface area contributed by atoms with Crippen molar-refractivity contribution in [1.82, 2.24) is 4.90 Å². The Morgan fingerprint density at radius 2 is 2.16 bits per heavy atom. The van der Waals surface area contributed by atoms with Crippen LogP contribution in [-0.4, -0.2) is 43.3 Å². The van der Waals surface area contributed by atoms with E-state index < -0.39 is 0 Å². The fraction of sp³-hybridized carbons (Fsp3) is 0.409. The van der Waals surface area contributed by atoms with E-state index in [4.69, 9.17) is 14.2 Å². The van der Waals surface area contributed by atoms with E-state index in [0.717, 1.165) is 16.0 Å². The van der Waals surface area contributed by atoms with E-state index in [0.29, 0.717) is 67.8 Å². The van der Waals surface area contributed by atoms with Crippen LogP contribution < -0.4 is 14.8 Å². The van der Waals surface area contributed by atoms with Crippen molar-refractivity contribution in [3.63, 3.8) is 0 Å². The summed E-state index contributed by atoms with van der Waals surface area (Å²) in [5.41, 5.74) is 2.32. The highest BCUT2D eigenvalue weighted by Gasteiger charge is 2.28. The number of rotatable bonds is 5. The molecule has 1 N–H and O–H groups in total. The molecule has 31 heavy (non-hydrogen) atoms. The maximum absolute atomic E-state index is 12.6. The second-order valence-electron chi connectivity index (χ2n) is 7.18. The molecule has 3 heterocycles. The maximum atomic E-state index is 12.6. The van der Waals surface area contributed by atoms with Crippen molar-refractivity contribution in [2.75, 3.05) is 31.7 Å². The molecular formula is C22H23N3O5S. The number of hydrogen-bond acceptors (Lipinski definition) is 7. The summed E-state index contributed by atoms with van der Waals surface area (Å²) in [6.07, 6.45) is 0.962. The first kappa shape index (κ1) is 21.0. The summed E-state index contributed by atoms with van der Waals surface area (Å²) in [5.74, 6) is 1.23. The molecule has 1 aromatic carbocycles. The van der Waals surface area contributed by atoms with Crippen LogP contribution in [0.1, 0.15) is 34.9 Å². The molecule has 4 rings (SSSR count). The number of anilines is 1. The van der Waals surface area contributed by atoms with Gasteiger partial charge in [0.15, 0.2) is 11.5 Å². The standard InChI is InChI=1S/C22H23N3O5S/c1-2-28-22(27)25-9-8-15-16(12-23)21(31-18(15)13-25)24-19(26)7-6-14-4-3-5-17-20(14)30-11-10-29-17/h3-5H,2,6-11,13H2,1H3,(H,24,26). The average molecular weight is 442 g/mol. The Kier molecular flexibility index (Phi) is 6.28. The van der Waals surface area contributed by atoms with E-state index in [1.807, 2.05) is 18.2 Å². The van der Waals surface area contributed by atoms with Gasteiger partial charge in [-0.25, -0.2) is 4.79 Å². The number of thiophene rings is 1. The number of para-hydroxylation sites is 1. The van der Waals surface area contributed by atoms with Gasteiger partial charge in [-0.05, 0) is 37.0 Å². The van der Waals surface area contributed by atoms with Gasteiger partial charge in [0.25, 0.3) is 0 Å². The molecule has 0 spiro atoms. The zero-order valence-corrected chi connectivity index (χ0v) is 18.0. The predicted molar refractivity (Wildman–Crippen MR) is 115 cm³/mol. The van der Waals surface area contributed by atoms with Gasteiger partial charge in [-0.1, -0.05) is 12.1 Å². The molecule has 0 aliphatic carbocycles. The maximum Gasteiger partial charge on any atom is 0.410 e. The summed E-state index contributed by atoms with van der Waals surface area (Å²) in [6, 6.07) is 7.88. The van der Waals surface area contributed by atoms with Crippen LogP contribution in [-0.2, 0) is 28.9 Å². The molecule has 0 bridgehead atoms. The van der Waals surface area contributed by atoms with Crippen LogP contribution >= 0.6 is 11.3 Å². The molecule has 2 aliphatic heterocycles. The summed E-state index contributed by atoms with van der Waals surface area (Å²) in [4.78, 5) is 27.2. The Morgan fingerprint density at radius 3 is 2.97 bits per heavy atom. The lowest BCUT2D eigenvalue weighted by Crippen LogP contribution is -2.35. The van der Waals surface area contributed by atoms with Crippen molar-refractivity contribution >= 4 is 28.3 Å². The Hall–Kier alpha value is -3.25. The second kappa shape index (κ2) is 9.27. The van der Waals surface area contributed by atoms with E-state index in [1.165, 1.54) is 11.3 Å². The summed E-state index contributed by atoms with van der Waals surface area (Å²) in [5, 5.41) is 13.1. The lowest BCUT2D eigenvalue weighted by atomic mass is 10.0. The minimum absolute atomic E-state index is 0.174. The third-order valence-corrected chi connectivity index (χ3v) is 6.35. The normalized spacial score (nSPS) is 14.4. The lowest BCUT2D eigenvalue weighted by molar-refractivity contribution is -0.116. The molecule has 2 aliphatic rings. The molecule has 9 heteroatoms. The number of amides is 2. The van der Waals surface area contributed by atoms with E-state index in [-0.39, 0.29) is 18.4 Å². The molecule has 0 saturated carbocycles. The van der Waals surface area contributed by atoms with Crippen LogP contribution in [0, 0.1) is 11.3 Å². The second-order valence-corrected chi connectivity index (χ2v) is 8.28. The van der Waals surface area contributed by atoms with Crippen molar-refractivity contribution in [2.24, 2.45) is 0 Å². The average Bonchev–Trinajstić information content (AvgIpc) is 3.13. The summed E-state index contributed by atoms with van der Waals surface area (Å²) in [7, 11) is 0. The number of nitrogens with one attached hydrogen (secondary N) is 1. The Labute approximate surface area is 184 Å². The minimum Gasteiger partial charge on any atom is -0.486 e. The first-order valence-corrected chi connectivity index (χ1v) is 11.1. The lowest BCUT2D eigenvalue weighted by Gasteiger charge is -2.25. The molecule has 1 aromatic heterocycles. The highest BCUT2D eigenvalue weighted by Crippen LogP contribution is 2.37. The summed E-state index contributed by atoms with van der Waals surface area (Å²) in [6.45, 7) is 3.97. The molecule has 0 fully saturated rings. The third-order valence-electron chi connectivity index (χ3n) is 5.22. The molecule has 0 saturated heterocycles. The number of nitrogens with zero attached hydrogens (tertiary/aromatic N) is 2. The highest BCUT2D eigenvalue weighted by atomic mass is 32.1. The molecule has 0 atom stereocenters. The molecule has 0 radical (unpaired) electrons. The van der Waals surface area contributed by atoms with Crippen molar-refractivity contribution in [3.05, 3.63) is 39.8 Å². The number of carbonyl (C=O) groups is 2. The van der Waals surface area contributed by atoms with Crippen LogP contribution in [0.3, 0.4) is 0 Å². The fourth-order valence-corrected chi connectivity index (χ4v) is 4.98. The van der Waals surface area contributed by atoms with E-state index in [1.54, 1.807) is 11.8 Å². The quantitative estimate of drug-likeness (QED) is 0.762. The van der Waals surface area contributed by atoms with Gasteiger partial charge >= 0.3 is 6.09 Å². The van der Waals surface area contributed by atoms with E-state index in [2.05, 4.69) is 11.4 Å². The zero-order valence-electron chi connectivity index (χ0n) is 17.2. The molecule has 8 nitrogen and oxygen atoms in total. The van der Waals surface area contributed by atoms with Gasteiger partial charge in [0.2, 0.25) is 5.91 Å². The molecular weight excluding hydrogens is 418 g/mol. The zero-order chi connectivity index (χ0) is 21.8. The van der Waals surface area contributed by atoms with Gasteiger partial charge in [-0.2, -0.15) is 5.26 Å². The van der Waals surface area contributed by atoms with Gasteiger partial charge in [0, 0.05) is 17.8 Å². The Bertz CT molecular complexity index is 1040. The minimum atomic E-state index is -0.358. The van der Waals surface area contributed by atoms with Gasteiger partial charge in [-0.15, -0.1) is 11.3 Å². The van der Waals surface area contributed by atoms with Crippen LogP contribution in [0.2, 0.25) is 0 Å². The highest BCUT2D eigenvalue weighted by molar-refractivity contribution is 7.16. The first-order valence-electron chi connectivity index (χ1n) is 10.2. The Morgan fingerprint density at radius 1 is 1.32 bits per heavy atom. The van der Waals surface area contributed by atoms with Gasteiger partial charge in [0.1, 0.15) is 24.3 Å². The van der Waals surface area contributed by atoms with E-state index >= 15 is 0 Å². The first-order chi connectivity index (χ1) is 15.1. The number of aryl methyl sites for hydroxylation is 1. The number of carbonyl (C=O) groups excluding carboxylic acids is 2. The Balaban J connectivity index is 1.42. The number of ether oxygens (including phenoxy) is 3. The SMILES string of the molecule is CCOC(=O)N1CCc2c(sc(NC(=O)CCc3cccc4c3OCCO4)c2C#N)C1. The number of nitriles is 1. The largest absolute Gasteiger partial charge is 0.486 e. The van der Waals surface area contributed by atoms with Crippen molar-refractivity contribution in [1.29, 1.82) is 5.26 Å². The van der Waals surface area contributed by atoms with Crippen LogP contribution in [0.4, 0.5) is 9.80 Å². The fourth-order valence-electron chi connectivity index (χ4n) is 3.75. The van der Waals surface area contributed by atoms with Crippen LogP contribution in [0.25, 0.3) is 0 Å². The molecule has 162 valence electrons. The van der Waals surface area contributed by atoms with Gasteiger partial charge in [0.05, 0.1) is 18.7 Å². The topological polar surface area (TPSA) is 101 Å². The van der Waals surface area contributed by atoms with Crippen molar-refractivity contribution in [3.8, 4) is 17.6 Å². The van der Waals surface area contributed by atoms with E-state index in [9.17, 15) is 14.9 Å². The summed E-state index contributed by atoms with van der Waals surface area (Å²) >= 11 is 1.35. The number of benzene rings is 1. The van der Waals surface area contributed by atoms with Gasteiger partial charge in [-0.3, -0.25) is 4.79 Å². The molecule has 0 unspecified atom stereocenters. The van der Waals surface area contributed by atoms with Gasteiger partial charge < -0.3 is 24.4 Å². The monoisotopic (exact) mass is 441 g/mol. The number of hydrogen-bond donors (Lipinski definition) is 1. The third kappa shape index (κ3) is 4.44.